The van der Waals surface area contributed by atoms with Gasteiger partial charge in [0.05, 0.1) is 6.42 Å². The number of nitrogens with one attached hydrogen (secondary N) is 1. The molecule has 4 heterocycles. The second-order valence-corrected chi connectivity index (χ2v) is 9.15. The Morgan fingerprint density at radius 2 is 2.00 bits per heavy atom. The second kappa shape index (κ2) is 8.19. The minimum Gasteiger partial charge on any atom is -0.350 e. The van der Waals surface area contributed by atoms with Crippen molar-refractivity contribution < 1.29 is 4.79 Å². The van der Waals surface area contributed by atoms with Crippen LogP contribution < -0.4 is 5.69 Å². The Morgan fingerprint density at radius 3 is 2.77 bits per heavy atom. The maximum absolute atomic E-state index is 13.0. The fraction of sp³-hybridized carbons (Fsp3) is 0.348. The van der Waals surface area contributed by atoms with Gasteiger partial charge < -0.3 is 9.47 Å². The van der Waals surface area contributed by atoms with E-state index in [1.807, 2.05) is 41.6 Å². The molecule has 0 aliphatic carbocycles. The summed E-state index contributed by atoms with van der Waals surface area (Å²) in [6.45, 7) is 1.50. The summed E-state index contributed by atoms with van der Waals surface area (Å²) in [4.78, 5) is 27.1. The fourth-order valence-electron chi connectivity index (χ4n) is 4.58. The number of aryl methyl sites for hydroxylation is 1. The highest BCUT2D eigenvalue weighted by atomic mass is 32.1. The molecule has 1 aliphatic heterocycles. The maximum atomic E-state index is 13.0. The van der Waals surface area contributed by atoms with E-state index in [9.17, 15) is 9.59 Å². The third-order valence-corrected chi connectivity index (χ3v) is 7.08. The van der Waals surface area contributed by atoms with Gasteiger partial charge in [-0.2, -0.15) is 5.10 Å². The summed E-state index contributed by atoms with van der Waals surface area (Å²) in [6, 6.07) is 12.1. The summed E-state index contributed by atoms with van der Waals surface area (Å²) in [5.41, 5.74) is 2.04. The summed E-state index contributed by atoms with van der Waals surface area (Å²) in [5, 5.41) is 10.8. The highest BCUT2D eigenvalue weighted by Gasteiger charge is 2.25. The van der Waals surface area contributed by atoms with Crippen LogP contribution in [-0.4, -0.2) is 43.2 Å². The van der Waals surface area contributed by atoms with Gasteiger partial charge in [-0.15, -0.1) is 11.3 Å². The number of para-hydroxylation sites is 1. The van der Waals surface area contributed by atoms with E-state index >= 15 is 0 Å². The quantitative estimate of drug-likeness (QED) is 0.523. The number of hydrogen-bond donors (Lipinski definition) is 1. The number of aromatic amines is 1. The molecular weight excluding hydrogens is 410 g/mol. The first kappa shape index (κ1) is 19.8. The molecule has 0 atom stereocenters. The average Bonchev–Trinajstić information content (AvgIpc) is 3.50. The Morgan fingerprint density at radius 1 is 1.19 bits per heavy atom. The van der Waals surface area contributed by atoms with Gasteiger partial charge in [0, 0.05) is 43.7 Å². The number of H-pyrrole nitrogens is 1. The van der Waals surface area contributed by atoms with Crippen LogP contribution >= 0.6 is 11.3 Å². The maximum Gasteiger partial charge on any atom is 0.348 e. The van der Waals surface area contributed by atoms with E-state index < -0.39 is 0 Å². The number of likely N-dealkylation sites (tertiary alicyclic amines) is 1. The number of fused-ring (bicyclic) bond motifs is 1. The molecule has 160 valence electrons. The van der Waals surface area contributed by atoms with Gasteiger partial charge in [0.2, 0.25) is 5.91 Å². The van der Waals surface area contributed by atoms with Gasteiger partial charge in [0.15, 0.2) is 0 Å². The lowest BCUT2D eigenvalue weighted by Crippen LogP contribution is -2.39. The van der Waals surface area contributed by atoms with Crippen molar-refractivity contribution in [3.63, 3.8) is 0 Å². The number of thiophene rings is 1. The van der Waals surface area contributed by atoms with E-state index in [1.54, 1.807) is 4.57 Å². The number of benzene rings is 1. The molecule has 0 radical (unpaired) electrons. The molecule has 1 saturated heterocycles. The Hall–Kier alpha value is -3.13. The molecule has 0 spiro atoms. The molecule has 1 amide bonds. The van der Waals surface area contributed by atoms with Crippen LogP contribution in [0.15, 0.2) is 52.8 Å². The molecule has 0 unspecified atom stereocenters. The third-order valence-electron chi connectivity index (χ3n) is 6.23. The minimum atomic E-state index is -0.194. The molecule has 0 saturated carbocycles. The van der Waals surface area contributed by atoms with Gasteiger partial charge >= 0.3 is 5.69 Å². The standard InChI is InChI=1S/C23H25N5O2S/c1-26-15-17(18-5-2-3-6-19(18)26)14-21(29)27-10-8-16(9-11-27)13-20-24-25-23(30)28(20)22-7-4-12-31-22/h2-7,12,15-16H,8-11,13-14H2,1H3,(H,25,30). The number of amides is 1. The van der Waals surface area contributed by atoms with Crippen molar-refractivity contribution >= 4 is 28.1 Å². The zero-order chi connectivity index (χ0) is 21.4. The van der Waals surface area contributed by atoms with Crippen molar-refractivity contribution in [2.45, 2.75) is 25.7 Å². The van der Waals surface area contributed by atoms with Crippen LogP contribution in [0.3, 0.4) is 0 Å². The number of rotatable bonds is 5. The second-order valence-electron chi connectivity index (χ2n) is 8.22. The Bertz CT molecular complexity index is 1260. The lowest BCUT2D eigenvalue weighted by molar-refractivity contribution is -0.131. The first-order valence-corrected chi connectivity index (χ1v) is 11.5. The van der Waals surface area contributed by atoms with Gasteiger partial charge in [0.25, 0.3) is 0 Å². The van der Waals surface area contributed by atoms with Crippen LogP contribution in [0, 0.1) is 5.92 Å². The van der Waals surface area contributed by atoms with Crippen molar-refractivity contribution in [2.75, 3.05) is 13.1 Å². The van der Waals surface area contributed by atoms with E-state index in [0.717, 1.165) is 59.6 Å². The molecule has 1 N–H and O–H groups in total. The van der Waals surface area contributed by atoms with E-state index in [2.05, 4.69) is 33.1 Å². The number of nitrogens with zero attached hydrogens (tertiary/aromatic N) is 4. The van der Waals surface area contributed by atoms with Crippen molar-refractivity contribution in [1.82, 2.24) is 24.2 Å². The number of aromatic nitrogens is 4. The largest absolute Gasteiger partial charge is 0.350 e. The third kappa shape index (κ3) is 3.83. The van der Waals surface area contributed by atoms with Crippen molar-refractivity contribution in [3.8, 4) is 5.00 Å². The predicted octanol–water partition coefficient (Wildman–Crippen LogP) is 3.14. The Labute approximate surface area is 183 Å². The summed E-state index contributed by atoms with van der Waals surface area (Å²) in [5.74, 6) is 1.37. The summed E-state index contributed by atoms with van der Waals surface area (Å²) in [7, 11) is 2.02. The lowest BCUT2D eigenvalue weighted by Gasteiger charge is -2.32. The van der Waals surface area contributed by atoms with E-state index in [4.69, 9.17) is 0 Å². The summed E-state index contributed by atoms with van der Waals surface area (Å²) >= 11 is 1.53. The van der Waals surface area contributed by atoms with E-state index in [-0.39, 0.29) is 11.6 Å². The van der Waals surface area contributed by atoms with Crippen LogP contribution in [0.1, 0.15) is 24.2 Å². The number of piperidine rings is 1. The number of carbonyl (C=O) groups is 1. The summed E-state index contributed by atoms with van der Waals surface area (Å²) in [6.07, 6.45) is 5.08. The molecule has 1 aromatic carbocycles. The zero-order valence-electron chi connectivity index (χ0n) is 17.5. The van der Waals surface area contributed by atoms with Crippen LogP contribution in [0.2, 0.25) is 0 Å². The normalized spacial score (nSPS) is 15.1. The molecule has 7 nitrogen and oxygen atoms in total. The topological polar surface area (TPSA) is 75.9 Å². The molecule has 1 fully saturated rings. The van der Waals surface area contributed by atoms with Crippen LogP contribution in [-0.2, 0) is 24.7 Å². The van der Waals surface area contributed by atoms with Gasteiger partial charge in [-0.25, -0.2) is 14.5 Å². The number of carbonyl (C=O) groups excluding carboxylic acids is 1. The van der Waals surface area contributed by atoms with Crippen molar-refractivity contribution in [2.24, 2.45) is 13.0 Å². The van der Waals surface area contributed by atoms with Gasteiger partial charge in [-0.3, -0.25) is 4.79 Å². The molecule has 1 aliphatic rings. The molecule has 0 bridgehead atoms. The van der Waals surface area contributed by atoms with Crippen molar-refractivity contribution in [3.05, 3.63) is 69.8 Å². The van der Waals surface area contributed by atoms with E-state index in [0.29, 0.717) is 12.3 Å². The van der Waals surface area contributed by atoms with Crippen LogP contribution in [0.5, 0.6) is 0 Å². The zero-order valence-corrected chi connectivity index (χ0v) is 18.3. The first-order valence-electron chi connectivity index (χ1n) is 10.6. The molecule has 8 heteroatoms. The van der Waals surface area contributed by atoms with Gasteiger partial charge in [0.1, 0.15) is 10.8 Å². The van der Waals surface area contributed by atoms with Crippen LogP contribution in [0.4, 0.5) is 0 Å². The molecule has 5 rings (SSSR count). The summed E-state index contributed by atoms with van der Waals surface area (Å²) < 4.78 is 3.75. The molecule has 31 heavy (non-hydrogen) atoms. The highest BCUT2D eigenvalue weighted by molar-refractivity contribution is 7.12. The van der Waals surface area contributed by atoms with Crippen LogP contribution in [0.25, 0.3) is 15.9 Å². The highest BCUT2D eigenvalue weighted by Crippen LogP contribution is 2.25. The predicted molar refractivity (Wildman–Crippen MR) is 122 cm³/mol. The average molecular weight is 436 g/mol. The first-order chi connectivity index (χ1) is 15.1. The Balaban J connectivity index is 1.22. The lowest BCUT2D eigenvalue weighted by atomic mass is 9.93. The SMILES string of the molecule is Cn1cc(CC(=O)N2CCC(Cc3n[nH]c(=O)n3-c3cccs3)CC2)c2ccccc21. The molecule has 3 aromatic heterocycles. The van der Waals surface area contributed by atoms with Crippen molar-refractivity contribution in [1.29, 1.82) is 0 Å². The number of hydrogen-bond acceptors (Lipinski definition) is 4. The molecular formula is C23H25N5O2S. The van der Waals surface area contributed by atoms with Gasteiger partial charge in [-0.1, -0.05) is 18.2 Å². The molecule has 4 aromatic rings. The smallest absolute Gasteiger partial charge is 0.348 e. The fourth-order valence-corrected chi connectivity index (χ4v) is 5.32. The van der Waals surface area contributed by atoms with E-state index in [1.165, 1.54) is 11.3 Å². The minimum absolute atomic E-state index is 0.185. The monoisotopic (exact) mass is 435 g/mol. The Kier molecular flexibility index (Phi) is 5.23. The van der Waals surface area contributed by atoms with Gasteiger partial charge in [-0.05, 0) is 47.9 Å².